The van der Waals surface area contributed by atoms with Gasteiger partial charge < -0.3 is 20.4 Å². The molecular formula is C19H43N5. The Hall–Kier alpha value is -0.810. The Kier molecular flexibility index (Phi) is 15.2. The lowest BCUT2D eigenvalue weighted by molar-refractivity contribution is 0.292. The molecule has 0 aromatic heterocycles. The molecule has 24 heavy (non-hydrogen) atoms. The Morgan fingerprint density at radius 2 is 1.58 bits per heavy atom. The molecule has 0 radical (unpaired) electrons. The topological polar surface area (TPSA) is 42.9 Å². The first kappa shape index (κ1) is 23.2. The van der Waals surface area contributed by atoms with Crippen molar-refractivity contribution in [3.63, 3.8) is 0 Å². The molecule has 1 atom stereocenters. The van der Waals surface area contributed by atoms with Crippen molar-refractivity contribution in [1.82, 2.24) is 20.4 Å². The highest BCUT2D eigenvalue weighted by molar-refractivity contribution is 5.80. The molecule has 0 aliphatic rings. The first-order valence-electron chi connectivity index (χ1n) is 10.1. The van der Waals surface area contributed by atoms with E-state index in [1.165, 1.54) is 25.8 Å². The third-order valence-corrected chi connectivity index (χ3v) is 4.41. The average molecular weight is 342 g/mol. The molecule has 5 heteroatoms. The number of hydrogen-bond donors (Lipinski definition) is 2. The van der Waals surface area contributed by atoms with Crippen LogP contribution in [0.15, 0.2) is 4.99 Å². The highest BCUT2D eigenvalue weighted by Crippen LogP contribution is 2.00. The summed E-state index contributed by atoms with van der Waals surface area (Å²) >= 11 is 0. The smallest absolute Gasteiger partial charge is 0.191 e. The van der Waals surface area contributed by atoms with E-state index < -0.39 is 0 Å². The molecule has 144 valence electrons. The van der Waals surface area contributed by atoms with Crippen molar-refractivity contribution < 1.29 is 0 Å². The molecule has 0 saturated carbocycles. The van der Waals surface area contributed by atoms with Gasteiger partial charge >= 0.3 is 0 Å². The van der Waals surface area contributed by atoms with Gasteiger partial charge in [-0.05, 0) is 65.8 Å². The second-order valence-electron chi connectivity index (χ2n) is 6.41. The maximum atomic E-state index is 4.74. The summed E-state index contributed by atoms with van der Waals surface area (Å²) in [7, 11) is 0. The van der Waals surface area contributed by atoms with Crippen molar-refractivity contribution in [2.45, 2.75) is 66.8 Å². The summed E-state index contributed by atoms with van der Waals surface area (Å²) < 4.78 is 0. The molecule has 5 nitrogen and oxygen atoms in total. The largest absolute Gasteiger partial charge is 0.357 e. The maximum Gasteiger partial charge on any atom is 0.191 e. The van der Waals surface area contributed by atoms with E-state index in [1.807, 2.05) is 0 Å². The Bertz CT molecular complexity index is 302. The van der Waals surface area contributed by atoms with Gasteiger partial charge in [-0.25, -0.2) is 0 Å². The Morgan fingerprint density at radius 3 is 2.12 bits per heavy atom. The van der Waals surface area contributed by atoms with Gasteiger partial charge in [0.2, 0.25) is 0 Å². The highest BCUT2D eigenvalue weighted by atomic mass is 15.2. The summed E-state index contributed by atoms with van der Waals surface area (Å²) in [6.07, 6.45) is 3.62. The molecule has 0 saturated heterocycles. The van der Waals surface area contributed by atoms with Crippen molar-refractivity contribution in [2.24, 2.45) is 4.99 Å². The van der Waals surface area contributed by atoms with Crippen LogP contribution in [0, 0.1) is 0 Å². The molecule has 0 heterocycles. The third kappa shape index (κ3) is 11.7. The van der Waals surface area contributed by atoms with Crippen molar-refractivity contribution in [1.29, 1.82) is 0 Å². The fourth-order valence-electron chi connectivity index (χ4n) is 2.83. The van der Waals surface area contributed by atoms with Crippen LogP contribution in [0.4, 0.5) is 0 Å². The Labute approximate surface area is 151 Å². The van der Waals surface area contributed by atoms with Gasteiger partial charge in [-0.3, -0.25) is 4.99 Å². The Balaban J connectivity index is 4.22. The van der Waals surface area contributed by atoms with Crippen LogP contribution in [0.5, 0.6) is 0 Å². The van der Waals surface area contributed by atoms with Crippen molar-refractivity contribution in [2.75, 3.05) is 52.4 Å². The lowest BCUT2D eigenvalue weighted by Gasteiger charge is -2.22. The monoisotopic (exact) mass is 341 g/mol. The minimum atomic E-state index is 0.455. The molecule has 0 amide bonds. The lowest BCUT2D eigenvalue weighted by atomic mass is 10.2. The fourth-order valence-corrected chi connectivity index (χ4v) is 2.83. The molecule has 2 N–H and O–H groups in total. The van der Waals surface area contributed by atoms with Gasteiger partial charge in [0.25, 0.3) is 0 Å². The third-order valence-electron chi connectivity index (χ3n) is 4.41. The van der Waals surface area contributed by atoms with Gasteiger partial charge in [-0.2, -0.15) is 0 Å². The van der Waals surface area contributed by atoms with E-state index in [9.17, 15) is 0 Å². The number of aliphatic imine (C=N–C) groups is 1. The summed E-state index contributed by atoms with van der Waals surface area (Å²) in [6, 6.07) is 0.455. The second-order valence-corrected chi connectivity index (χ2v) is 6.41. The number of rotatable bonds is 14. The molecule has 0 aromatic carbocycles. The van der Waals surface area contributed by atoms with Crippen LogP contribution in [0.25, 0.3) is 0 Å². The zero-order valence-corrected chi connectivity index (χ0v) is 17.2. The van der Waals surface area contributed by atoms with Crippen LogP contribution in [0.1, 0.15) is 60.8 Å². The minimum absolute atomic E-state index is 0.455. The molecular weight excluding hydrogens is 298 g/mol. The van der Waals surface area contributed by atoms with Crippen molar-refractivity contribution in [3.8, 4) is 0 Å². The number of nitrogens with zero attached hydrogens (tertiary/aromatic N) is 3. The Morgan fingerprint density at radius 1 is 0.917 bits per heavy atom. The quantitative estimate of drug-likeness (QED) is 0.377. The zero-order chi connectivity index (χ0) is 18.2. The molecule has 0 spiro atoms. The van der Waals surface area contributed by atoms with Crippen LogP contribution >= 0.6 is 0 Å². The first-order chi connectivity index (χ1) is 11.6. The molecule has 1 unspecified atom stereocenters. The van der Waals surface area contributed by atoms with E-state index in [-0.39, 0.29) is 0 Å². The number of guanidine groups is 1. The van der Waals surface area contributed by atoms with E-state index >= 15 is 0 Å². The van der Waals surface area contributed by atoms with Crippen molar-refractivity contribution >= 4 is 5.96 Å². The van der Waals surface area contributed by atoms with Crippen LogP contribution in [-0.2, 0) is 0 Å². The van der Waals surface area contributed by atoms with E-state index in [1.54, 1.807) is 0 Å². The number of nitrogens with one attached hydrogen (secondary N) is 2. The van der Waals surface area contributed by atoms with Gasteiger partial charge in [0.15, 0.2) is 5.96 Å². The summed E-state index contributed by atoms with van der Waals surface area (Å²) in [6.45, 7) is 21.9. The molecule has 0 bridgehead atoms. The van der Waals surface area contributed by atoms with Crippen molar-refractivity contribution in [3.05, 3.63) is 0 Å². The predicted octanol–water partition coefficient (Wildman–Crippen LogP) is 2.78. The van der Waals surface area contributed by atoms with E-state index in [0.29, 0.717) is 6.04 Å². The summed E-state index contributed by atoms with van der Waals surface area (Å²) in [5.74, 6) is 0.959. The van der Waals surface area contributed by atoms with E-state index in [2.05, 4.69) is 62.0 Å². The average Bonchev–Trinajstić information content (AvgIpc) is 2.58. The number of hydrogen-bond acceptors (Lipinski definition) is 3. The zero-order valence-electron chi connectivity index (χ0n) is 17.2. The summed E-state index contributed by atoms with van der Waals surface area (Å²) in [4.78, 5) is 9.69. The molecule has 0 fully saturated rings. The lowest BCUT2D eigenvalue weighted by Crippen LogP contribution is -2.43. The fraction of sp³-hybridized carbons (Fsp3) is 0.947. The molecule has 0 rings (SSSR count). The van der Waals surface area contributed by atoms with Gasteiger partial charge in [0, 0.05) is 19.1 Å². The SMILES string of the molecule is CCCN(CC)CCN=C(NCC)NC(C)CCCN(CC)CC. The van der Waals surface area contributed by atoms with Crippen LogP contribution in [0.2, 0.25) is 0 Å². The number of likely N-dealkylation sites (N-methyl/N-ethyl adjacent to an activating group) is 1. The van der Waals surface area contributed by atoms with Gasteiger partial charge in [-0.15, -0.1) is 0 Å². The standard InChI is InChI=1S/C19H43N5/c1-7-15-24(11-5)17-14-21-19(20-8-2)22-18(6)13-12-16-23(9-3)10-4/h18H,7-17H2,1-6H3,(H2,20,21,22). The first-order valence-corrected chi connectivity index (χ1v) is 10.1. The van der Waals surface area contributed by atoms with Crippen LogP contribution in [0.3, 0.4) is 0 Å². The summed E-state index contributed by atoms with van der Waals surface area (Å²) in [5, 5.41) is 6.92. The van der Waals surface area contributed by atoms with Gasteiger partial charge in [0.1, 0.15) is 0 Å². The van der Waals surface area contributed by atoms with Gasteiger partial charge in [0.05, 0.1) is 6.54 Å². The van der Waals surface area contributed by atoms with Crippen LogP contribution in [-0.4, -0.2) is 74.2 Å². The predicted molar refractivity (Wildman–Crippen MR) is 108 cm³/mol. The molecule has 0 aromatic rings. The molecule has 0 aliphatic heterocycles. The normalized spacial score (nSPS) is 13.6. The minimum Gasteiger partial charge on any atom is -0.357 e. The summed E-state index contributed by atoms with van der Waals surface area (Å²) in [5.41, 5.74) is 0. The van der Waals surface area contributed by atoms with Gasteiger partial charge in [-0.1, -0.05) is 27.7 Å². The highest BCUT2D eigenvalue weighted by Gasteiger charge is 2.07. The maximum absolute atomic E-state index is 4.74. The second kappa shape index (κ2) is 15.7. The van der Waals surface area contributed by atoms with Crippen LogP contribution < -0.4 is 10.6 Å². The van der Waals surface area contributed by atoms with E-state index in [4.69, 9.17) is 4.99 Å². The molecule has 0 aliphatic carbocycles. The van der Waals surface area contributed by atoms with E-state index in [0.717, 1.165) is 51.8 Å².